The van der Waals surface area contributed by atoms with E-state index in [0.29, 0.717) is 35.5 Å². The van der Waals surface area contributed by atoms with Gasteiger partial charge in [-0.05, 0) is 74.7 Å². The summed E-state index contributed by atoms with van der Waals surface area (Å²) >= 11 is 0. The van der Waals surface area contributed by atoms with E-state index < -0.39 is 0 Å². The molecule has 0 amide bonds. The Morgan fingerprint density at radius 2 is 1.89 bits per heavy atom. The van der Waals surface area contributed by atoms with Crippen LogP contribution in [0.15, 0.2) is 64.8 Å². The van der Waals surface area contributed by atoms with Gasteiger partial charge in [0.25, 0.3) is 0 Å². The van der Waals surface area contributed by atoms with Crippen LogP contribution in [0.3, 0.4) is 0 Å². The number of nitrogens with one attached hydrogen (secondary N) is 1. The minimum Gasteiger partial charge on any atom is -0.492 e. The molecule has 0 bridgehead atoms. The Morgan fingerprint density at radius 1 is 1.16 bits per heavy atom. The van der Waals surface area contributed by atoms with Gasteiger partial charge < -0.3 is 24.6 Å². The number of piperazine rings is 1. The Morgan fingerprint density at radius 3 is 2.55 bits per heavy atom. The molecule has 0 unspecified atom stereocenters. The van der Waals surface area contributed by atoms with E-state index in [4.69, 9.17) is 9.47 Å². The molecule has 2 aromatic carbocycles. The van der Waals surface area contributed by atoms with E-state index in [1.807, 2.05) is 31.2 Å². The molecular weight excluding hydrogens is 476 g/mol. The van der Waals surface area contributed by atoms with Crippen LogP contribution in [0, 0.1) is 17.2 Å². The van der Waals surface area contributed by atoms with E-state index in [0.717, 1.165) is 70.0 Å². The molecule has 2 aliphatic heterocycles. The number of hydrogen-bond acceptors (Lipinski definition) is 7. The van der Waals surface area contributed by atoms with Crippen molar-refractivity contribution in [2.24, 2.45) is 15.9 Å². The van der Waals surface area contributed by atoms with Crippen LogP contribution in [0.25, 0.3) is 0 Å². The fraction of sp³-hybridized carbons (Fsp3) is 0.433. The van der Waals surface area contributed by atoms with Gasteiger partial charge in [0.15, 0.2) is 5.84 Å². The fourth-order valence-corrected chi connectivity index (χ4v) is 4.69. The number of nitriles is 1. The lowest BCUT2D eigenvalue weighted by atomic mass is 10.0. The molecule has 1 N–H and O–H groups in total. The maximum absolute atomic E-state index is 9.75. The van der Waals surface area contributed by atoms with Crippen molar-refractivity contribution in [2.75, 3.05) is 62.8 Å². The van der Waals surface area contributed by atoms with Crippen molar-refractivity contribution >= 4 is 23.4 Å². The Bertz CT molecular complexity index is 1170. The lowest BCUT2D eigenvalue weighted by molar-refractivity contribution is 0.0497. The summed E-state index contributed by atoms with van der Waals surface area (Å²) in [4.78, 5) is 13.9. The summed E-state index contributed by atoms with van der Waals surface area (Å²) in [6.07, 6.45) is 3.65. The molecule has 0 radical (unpaired) electrons. The molecule has 8 heteroatoms. The van der Waals surface area contributed by atoms with Crippen molar-refractivity contribution in [1.82, 2.24) is 4.90 Å². The highest BCUT2D eigenvalue weighted by Gasteiger charge is 2.17. The van der Waals surface area contributed by atoms with E-state index in [1.165, 1.54) is 5.69 Å². The highest BCUT2D eigenvalue weighted by Crippen LogP contribution is 2.24. The second-order valence-electron chi connectivity index (χ2n) is 9.55. The molecule has 0 saturated carbocycles. The Hall–Kier alpha value is -3.67. The summed E-state index contributed by atoms with van der Waals surface area (Å²) in [6.45, 7) is 15.6. The molecule has 2 saturated heterocycles. The molecule has 38 heavy (non-hydrogen) atoms. The first kappa shape index (κ1) is 27.4. The second kappa shape index (κ2) is 13.8. The van der Waals surface area contributed by atoms with Gasteiger partial charge in [-0.1, -0.05) is 13.5 Å². The minimum absolute atomic E-state index is 0.450. The zero-order valence-corrected chi connectivity index (χ0v) is 22.5. The van der Waals surface area contributed by atoms with Crippen molar-refractivity contribution in [3.63, 3.8) is 0 Å². The van der Waals surface area contributed by atoms with E-state index in [1.54, 1.807) is 12.3 Å². The normalized spacial score (nSPS) is 17.4. The fourth-order valence-electron chi connectivity index (χ4n) is 4.69. The molecule has 2 aliphatic rings. The van der Waals surface area contributed by atoms with Gasteiger partial charge in [0.1, 0.15) is 17.6 Å². The molecule has 0 aliphatic carbocycles. The number of rotatable bonds is 9. The number of benzene rings is 2. The van der Waals surface area contributed by atoms with Crippen molar-refractivity contribution in [3.05, 3.63) is 66.0 Å². The van der Waals surface area contributed by atoms with Crippen LogP contribution < -0.4 is 15.0 Å². The summed E-state index contributed by atoms with van der Waals surface area (Å²) in [5.74, 6) is 1.97. The number of anilines is 2. The van der Waals surface area contributed by atoms with Gasteiger partial charge >= 0.3 is 0 Å². The zero-order chi connectivity index (χ0) is 26.7. The second-order valence-corrected chi connectivity index (χ2v) is 9.55. The first-order valence-electron chi connectivity index (χ1n) is 13.4. The summed E-state index contributed by atoms with van der Waals surface area (Å²) in [5.41, 5.74) is 3.31. The third-order valence-corrected chi connectivity index (χ3v) is 7.01. The number of hydrogen-bond donors (Lipinski definition) is 1. The monoisotopic (exact) mass is 514 g/mol. The van der Waals surface area contributed by atoms with Crippen molar-refractivity contribution < 1.29 is 9.47 Å². The van der Waals surface area contributed by atoms with Gasteiger partial charge in [-0.3, -0.25) is 0 Å². The van der Waals surface area contributed by atoms with Crippen LogP contribution in [-0.4, -0.2) is 69.5 Å². The van der Waals surface area contributed by atoms with Gasteiger partial charge in [0.2, 0.25) is 0 Å². The average molecular weight is 515 g/mol. The molecule has 4 rings (SSSR count). The molecule has 2 aromatic rings. The van der Waals surface area contributed by atoms with Gasteiger partial charge in [-0.15, -0.1) is 0 Å². The molecule has 2 heterocycles. The molecule has 0 spiro atoms. The highest BCUT2D eigenvalue weighted by molar-refractivity contribution is 6.03. The third-order valence-electron chi connectivity index (χ3n) is 7.01. The van der Waals surface area contributed by atoms with Crippen LogP contribution in [0.1, 0.15) is 37.8 Å². The van der Waals surface area contributed by atoms with Crippen LogP contribution in [-0.2, 0) is 4.74 Å². The van der Waals surface area contributed by atoms with Crippen LogP contribution >= 0.6 is 0 Å². The van der Waals surface area contributed by atoms with Gasteiger partial charge in [-0.25, -0.2) is 9.98 Å². The number of nitrogens with zero attached hydrogens (tertiary/aromatic N) is 5. The van der Waals surface area contributed by atoms with Crippen LogP contribution in [0.2, 0.25) is 0 Å². The lowest BCUT2D eigenvalue weighted by Crippen LogP contribution is -2.46. The first-order chi connectivity index (χ1) is 18.6. The molecule has 0 aromatic heterocycles. The summed E-state index contributed by atoms with van der Waals surface area (Å²) in [7, 11) is 0. The standard InChI is InChI=1S/C30H38N6O2/c1-4-32-30(25-6-11-29(26(20-25)21-31)38-22-24-12-18-37-19-13-24)34-23(3)33-27-7-9-28(10-8-27)36-16-14-35(5-2)15-17-36/h4,6-11,20,24,33H,3,5,12-19,22H2,1-2H3/b32-4?,34-30-. The van der Waals surface area contributed by atoms with Crippen molar-refractivity contribution in [3.8, 4) is 11.8 Å². The predicted molar refractivity (Wildman–Crippen MR) is 154 cm³/mol. The smallest absolute Gasteiger partial charge is 0.161 e. The molecule has 0 atom stereocenters. The van der Waals surface area contributed by atoms with E-state index in [-0.39, 0.29) is 0 Å². The number of ether oxygens (including phenoxy) is 2. The highest BCUT2D eigenvalue weighted by atomic mass is 16.5. The lowest BCUT2D eigenvalue weighted by Gasteiger charge is -2.35. The molecular formula is C30H38N6O2. The van der Waals surface area contributed by atoms with E-state index in [9.17, 15) is 5.26 Å². The molecule has 8 nitrogen and oxygen atoms in total. The summed E-state index contributed by atoms with van der Waals surface area (Å²) < 4.78 is 11.4. The largest absolute Gasteiger partial charge is 0.492 e. The van der Waals surface area contributed by atoms with Gasteiger partial charge in [0.05, 0.1) is 12.2 Å². The van der Waals surface area contributed by atoms with Gasteiger partial charge in [0, 0.05) is 62.5 Å². The molecule has 200 valence electrons. The maximum Gasteiger partial charge on any atom is 0.161 e. The SMILES string of the molecule is C=C(/N=C(\N=CC)c1ccc(OCC2CCOCC2)c(C#N)c1)Nc1ccc(N2CCN(CC)CC2)cc1. The maximum atomic E-state index is 9.75. The van der Waals surface area contributed by atoms with E-state index in [2.05, 4.69) is 56.8 Å². The van der Waals surface area contributed by atoms with Crippen molar-refractivity contribution in [2.45, 2.75) is 26.7 Å². The number of amidine groups is 1. The molecule has 2 fully saturated rings. The first-order valence-corrected chi connectivity index (χ1v) is 13.4. The zero-order valence-electron chi connectivity index (χ0n) is 22.5. The minimum atomic E-state index is 0.450. The summed E-state index contributed by atoms with van der Waals surface area (Å²) in [5, 5.41) is 13.0. The van der Waals surface area contributed by atoms with Crippen molar-refractivity contribution in [1.29, 1.82) is 5.26 Å². The van der Waals surface area contributed by atoms with Crippen LogP contribution in [0.4, 0.5) is 11.4 Å². The Balaban J connectivity index is 1.40. The summed E-state index contributed by atoms with van der Waals surface area (Å²) in [6, 6.07) is 16.1. The average Bonchev–Trinajstić information content (AvgIpc) is 2.97. The Labute approximate surface area is 226 Å². The van der Waals surface area contributed by atoms with Gasteiger partial charge in [-0.2, -0.15) is 5.26 Å². The topological polar surface area (TPSA) is 85.5 Å². The predicted octanol–water partition coefficient (Wildman–Crippen LogP) is 4.93. The third kappa shape index (κ3) is 7.44. The number of aliphatic imine (C=N–C) groups is 2. The number of likely N-dealkylation sites (N-methyl/N-ethyl adjacent to an activating group) is 1. The van der Waals surface area contributed by atoms with E-state index >= 15 is 0 Å². The van der Waals surface area contributed by atoms with Crippen LogP contribution in [0.5, 0.6) is 5.75 Å². The Kier molecular flexibility index (Phi) is 9.90. The quantitative estimate of drug-likeness (QED) is 0.377.